The summed E-state index contributed by atoms with van der Waals surface area (Å²) in [5, 5.41) is 6.83. The maximum atomic E-state index is 13.2. The van der Waals surface area contributed by atoms with Crippen LogP contribution in [0.4, 0.5) is 0 Å². The molecule has 1 amide bonds. The van der Waals surface area contributed by atoms with E-state index in [0.717, 1.165) is 80.3 Å². The monoisotopic (exact) mass is 494 g/mol. The summed E-state index contributed by atoms with van der Waals surface area (Å²) in [6.07, 6.45) is 6.83. The number of fused-ring (bicyclic) bond motifs is 3. The Morgan fingerprint density at radius 2 is 1.97 bits per heavy atom. The van der Waals surface area contributed by atoms with Crippen molar-refractivity contribution >= 4 is 33.4 Å². The lowest BCUT2D eigenvalue weighted by Gasteiger charge is -2.22. The van der Waals surface area contributed by atoms with Gasteiger partial charge < -0.3 is 0 Å². The number of unbranched alkanes of at least 4 members (excludes halogenated alkanes) is 2. The predicted octanol–water partition coefficient (Wildman–Crippen LogP) is 5.59. The van der Waals surface area contributed by atoms with Gasteiger partial charge in [0.15, 0.2) is 5.69 Å². The van der Waals surface area contributed by atoms with E-state index in [1.165, 1.54) is 11.1 Å². The highest BCUT2D eigenvalue weighted by Gasteiger charge is 2.28. The van der Waals surface area contributed by atoms with Crippen LogP contribution in [0, 0.1) is 0 Å². The smallest absolute Gasteiger partial charge is 0.283 e. The molecule has 164 valence electrons. The number of carbonyl (C=O) groups is 1. The zero-order valence-corrected chi connectivity index (χ0v) is 20.4. The van der Waals surface area contributed by atoms with Gasteiger partial charge in [0.25, 0.3) is 5.91 Å². The van der Waals surface area contributed by atoms with Crippen molar-refractivity contribution in [3.63, 3.8) is 0 Å². The number of aromatic nitrogens is 2. The van der Waals surface area contributed by atoms with Crippen molar-refractivity contribution in [2.45, 2.75) is 65.3 Å². The Balaban J connectivity index is 1.93. The number of rotatable bonds is 11. The zero-order valence-electron chi connectivity index (χ0n) is 18.0. The summed E-state index contributed by atoms with van der Waals surface area (Å²) < 4.78 is 3.14. The van der Waals surface area contributed by atoms with Crippen molar-refractivity contribution in [2.24, 2.45) is 0 Å². The molecule has 2 aromatic rings. The summed E-state index contributed by atoms with van der Waals surface area (Å²) in [4.78, 5) is 13.2. The van der Waals surface area contributed by atoms with E-state index in [1.807, 2.05) is 9.69 Å². The standard InChI is InChI=1S/C23H32BrClN4O/c1-3-13-28(14-4-2)27-23(30)21-20-10-8-17-16-18(24)9-11-19(17)22(20)29(26-21)15-7-5-6-12-25/h9,11,16H,3-8,10,12-15H2,1-2H3,(H,27,30). The second kappa shape index (κ2) is 11.3. The number of nitrogens with one attached hydrogen (secondary N) is 1. The van der Waals surface area contributed by atoms with E-state index < -0.39 is 0 Å². The topological polar surface area (TPSA) is 50.2 Å². The SMILES string of the molecule is CCCN(CCC)NC(=O)c1nn(CCCCCCl)c2c1CCc1cc(Br)ccc1-2. The van der Waals surface area contributed by atoms with Crippen molar-refractivity contribution in [1.29, 1.82) is 0 Å². The molecule has 1 heterocycles. The first-order chi connectivity index (χ1) is 14.6. The average molecular weight is 496 g/mol. The molecular formula is C23H32BrClN4O. The van der Waals surface area contributed by atoms with Crippen LogP contribution in [0.15, 0.2) is 22.7 Å². The fourth-order valence-corrected chi connectivity index (χ4v) is 4.73. The van der Waals surface area contributed by atoms with Crippen LogP contribution in [0.3, 0.4) is 0 Å². The first-order valence-electron chi connectivity index (χ1n) is 11.1. The number of nitrogens with zero attached hydrogens (tertiary/aromatic N) is 3. The van der Waals surface area contributed by atoms with Crippen molar-refractivity contribution in [3.8, 4) is 11.3 Å². The van der Waals surface area contributed by atoms with Crippen molar-refractivity contribution in [1.82, 2.24) is 20.2 Å². The molecule has 0 radical (unpaired) electrons. The fraction of sp³-hybridized carbons (Fsp3) is 0.565. The van der Waals surface area contributed by atoms with Crippen LogP contribution in [-0.2, 0) is 19.4 Å². The summed E-state index contributed by atoms with van der Waals surface area (Å²) in [7, 11) is 0. The number of hydrogen-bond donors (Lipinski definition) is 1. The summed E-state index contributed by atoms with van der Waals surface area (Å²) in [6.45, 7) is 6.74. The minimum Gasteiger partial charge on any atom is -0.283 e. The number of hydrazine groups is 1. The molecule has 7 heteroatoms. The molecule has 1 aliphatic rings. The Hall–Kier alpha value is -1.37. The minimum absolute atomic E-state index is 0.0896. The fourth-order valence-electron chi connectivity index (χ4n) is 4.13. The highest BCUT2D eigenvalue weighted by atomic mass is 79.9. The van der Waals surface area contributed by atoms with Gasteiger partial charge >= 0.3 is 0 Å². The Labute approximate surface area is 193 Å². The van der Waals surface area contributed by atoms with Crippen LogP contribution in [0.25, 0.3) is 11.3 Å². The van der Waals surface area contributed by atoms with Gasteiger partial charge in [0, 0.05) is 41.1 Å². The normalized spacial score (nSPS) is 12.7. The van der Waals surface area contributed by atoms with Gasteiger partial charge in [0.1, 0.15) is 0 Å². The molecule has 3 rings (SSSR count). The van der Waals surface area contributed by atoms with Gasteiger partial charge in [-0.1, -0.05) is 42.3 Å². The number of carbonyl (C=O) groups excluding carboxylic acids is 1. The van der Waals surface area contributed by atoms with Crippen molar-refractivity contribution < 1.29 is 4.79 Å². The third-order valence-electron chi connectivity index (χ3n) is 5.48. The van der Waals surface area contributed by atoms with Gasteiger partial charge in [0.2, 0.25) is 0 Å². The molecule has 1 N–H and O–H groups in total. The third kappa shape index (κ3) is 5.45. The molecule has 0 spiro atoms. The molecule has 0 saturated heterocycles. The number of amides is 1. The zero-order chi connectivity index (χ0) is 21.5. The number of alkyl halides is 1. The second-order valence-electron chi connectivity index (χ2n) is 7.88. The van der Waals surface area contributed by atoms with Gasteiger partial charge in [-0.25, -0.2) is 5.01 Å². The molecule has 0 unspecified atom stereocenters. The van der Waals surface area contributed by atoms with E-state index in [0.29, 0.717) is 11.6 Å². The first-order valence-corrected chi connectivity index (χ1v) is 12.4. The molecule has 1 aromatic heterocycles. The van der Waals surface area contributed by atoms with Gasteiger partial charge in [-0.2, -0.15) is 5.10 Å². The predicted molar refractivity (Wildman–Crippen MR) is 127 cm³/mol. The Morgan fingerprint density at radius 3 is 2.67 bits per heavy atom. The molecular weight excluding hydrogens is 464 g/mol. The molecule has 0 fully saturated rings. The molecule has 1 aliphatic carbocycles. The second-order valence-corrected chi connectivity index (χ2v) is 9.17. The number of aryl methyl sites for hydroxylation is 2. The highest BCUT2D eigenvalue weighted by Crippen LogP contribution is 2.37. The quantitative estimate of drug-likeness (QED) is 0.251. The van der Waals surface area contributed by atoms with E-state index in [-0.39, 0.29) is 5.91 Å². The first kappa shape index (κ1) is 23.3. The Morgan fingerprint density at radius 1 is 1.20 bits per heavy atom. The van der Waals surface area contributed by atoms with Crippen LogP contribution < -0.4 is 5.43 Å². The maximum absolute atomic E-state index is 13.2. The van der Waals surface area contributed by atoms with E-state index in [4.69, 9.17) is 16.7 Å². The lowest BCUT2D eigenvalue weighted by Crippen LogP contribution is -2.43. The Kier molecular flexibility index (Phi) is 8.78. The van der Waals surface area contributed by atoms with E-state index >= 15 is 0 Å². The average Bonchev–Trinajstić information content (AvgIpc) is 3.10. The summed E-state index contributed by atoms with van der Waals surface area (Å²) in [5.41, 5.74) is 8.37. The summed E-state index contributed by atoms with van der Waals surface area (Å²) in [6, 6.07) is 6.41. The van der Waals surface area contributed by atoms with E-state index in [1.54, 1.807) is 0 Å². The Bertz CT molecular complexity index is 861. The van der Waals surface area contributed by atoms with E-state index in [9.17, 15) is 4.79 Å². The van der Waals surface area contributed by atoms with Crippen molar-refractivity contribution in [3.05, 3.63) is 39.5 Å². The molecule has 0 saturated carbocycles. The largest absolute Gasteiger partial charge is 0.286 e. The lowest BCUT2D eigenvalue weighted by atomic mass is 9.88. The molecule has 0 aliphatic heterocycles. The molecule has 5 nitrogen and oxygen atoms in total. The number of halogens is 2. The highest BCUT2D eigenvalue weighted by molar-refractivity contribution is 9.10. The minimum atomic E-state index is -0.0896. The van der Waals surface area contributed by atoms with Gasteiger partial charge in [-0.05, 0) is 56.2 Å². The van der Waals surface area contributed by atoms with Crippen LogP contribution in [0.1, 0.15) is 67.6 Å². The number of benzene rings is 1. The molecule has 0 bridgehead atoms. The van der Waals surface area contributed by atoms with Gasteiger partial charge in [-0.15, -0.1) is 11.6 Å². The molecule has 0 atom stereocenters. The van der Waals surface area contributed by atoms with Gasteiger partial charge in [-0.3, -0.25) is 14.9 Å². The van der Waals surface area contributed by atoms with Crippen LogP contribution in [0.2, 0.25) is 0 Å². The third-order valence-corrected chi connectivity index (χ3v) is 6.24. The summed E-state index contributed by atoms with van der Waals surface area (Å²) in [5.74, 6) is 0.597. The summed E-state index contributed by atoms with van der Waals surface area (Å²) >= 11 is 9.43. The van der Waals surface area contributed by atoms with Crippen molar-refractivity contribution in [2.75, 3.05) is 19.0 Å². The maximum Gasteiger partial charge on any atom is 0.286 e. The van der Waals surface area contributed by atoms with Crippen LogP contribution in [-0.4, -0.2) is 39.7 Å². The van der Waals surface area contributed by atoms with Crippen LogP contribution in [0.5, 0.6) is 0 Å². The van der Waals surface area contributed by atoms with E-state index in [2.05, 4.69) is 53.4 Å². The van der Waals surface area contributed by atoms with Crippen LogP contribution >= 0.6 is 27.5 Å². The van der Waals surface area contributed by atoms with Gasteiger partial charge in [0.05, 0.1) is 5.69 Å². The molecule has 1 aromatic carbocycles. The molecule has 30 heavy (non-hydrogen) atoms. The number of hydrogen-bond acceptors (Lipinski definition) is 3. The lowest BCUT2D eigenvalue weighted by molar-refractivity contribution is 0.0780.